The van der Waals surface area contributed by atoms with Crippen molar-refractivity contribution < 1.29 is 0 Å². The fraction of sp³-hybridized carbons (Fsp3) is 0.273. The summed E-state index contributed by atoms with van der Waals surface area (Å²) in [6.45, 7) is 9.70. The number of hydrogen-bond donors (Lipinski definition) is 0. The van der Waals surface area contributed by atoms with Crippen molar-refractivity contribution in [1.29, 1.82) is 0 Å². The van der Waals surface area contributed by atoms with Gasteiger partial charge in [-0.25, -0.2) is 0 Å². The highest BCUT2D eigenvalue weighted by atomic mass is 14.2. The van der Waals surface area contributed by atoms with Crippen molar-refractivity contribution in [2.45, 2.75) is 6.92 Å². The summed E-state index contributed by atoms with van der Waals surface area (Å²) in [6.07, 6.45) is 10.4. The van der Waals surface area contributed by atoms with Gasteiger partial charge in [-0.2, -0.15) is 0 Å². The first-order valence-corrected chi connectivity index (χ1v) is 3.93. The first-order valence-electron chi connectivity index (χ1n) is 3.93. The second-order valence-corrected chi connectivity index (χ2v) is 2.90. The molecular weight excluding hydrogens is 132 g/mol. The van der Waals surface area contributed by atoms with Crippen molar-refractivity contribution in [3.8, 4) is 0 Å². The van der Waals surface area contributed by atoms with Gasteiger partial charge in [0.05, 0.1) is 0 Å². The van der Waals surface area contributed by atoms with Crippen LogP contribution in [-0.4, -0.2) is 0 Å². The zero-order valence-corrected chi connectivity index (χ0v) is 6.96. The Labute approximate surface area is 68.6 Å². The quantitative estimate of drug-likeness (QED) is 0.525. The van der Waals surface area contributed by atoms with Gasteiger partial charge in [0.15, 0.2) is 0 Å². The van der Waals surface area contributed by atoms with Crippen molar-refractivity contribution in [2.75, 3.05) is 0 Å². The van der Waals surface area contributed by atoms with Gasteiger partial charge >= 0.3 is 0 Å². The summed E-state index contributed by atoms with van der Waals surface area (Å²) >= 11 is 0. The maximum absolute atomic E-state index is 3.78. The molecule has 1 aliphatic carbocycles. The Morgan fingerprint density at radius 2 is 2.18 bits per heavy atom. The average molecular weight is 146 g/mol. The lowest BCUT2D eigenvalue weighted by molar-refractivity contribution is 0.603. The predicted molar refractivity (Wildman–Crippen MR) is 50.3 cm³/mol. The maximum atomic E-state index is 3.78. The van der Waals surface area contributed by atoms with Crippen LogP contribution >= 0.6 is 0 Å². The molecule has 0 aromatic carbocycles. The molecule has 1 aliphatic rings. The molecule has 0 heteroatoms. The highest BCUT2D eigenvalue weighted by molar-refractivity contribution is 5.34. The summed E-state index contributed by atoms with van der Waals surface area (Å²) in [4.78, 5) is 0. The number of hydrogen-bond acceptors (Lipinski definition) is 0. The number of allylic oxidation sites excluding steroid dienone is 6. The minimum atomic E-state index is 0.499. The van der Waals surface area contributed by atoms with Crippen LogP contribution in [0.4, 0.5) is 0 Å². The Morgan fingerprint density at radius 1 is 1.45 bits per heavy atom. The van der Waals surface area contributed by atoms with Crippen LogP contribution in [-0.2, 0) is 0 Å². The molecule has 0 spiro atoms. The van der Waals surface area contributed by atoms with E-state index in [0.29, 0.717) is 11.8 Å². The molecule has 11 heavy (non-hydrogen) atoms. The van der Waals surface area contributed by atoms with E-state index in [1.807, 2.05) is 12.2 Å². The topological polar surface area (TPSA) is 0 Å². The first kappa shape index (κ1) is 8.06. The second-order valence-electron chi connectivity index (χ2n) is 2.90. The molecule has 0 bridgehead atoms. The van der Waals surface area contributed by atoms with Crippen molar-refractivity contribution in [2.24, 2.45) is 11.8 Å². The smallest absolute Gasteiger partial charge is 0.000770 e. The Bertz CT molecular complexity index is 218. The summed E-state index contributed by atoms with van der Waals surface area (Å²) in [5, 5.41) is 0. The molecule has 0 fully saturated rings. The van der Waals surface area contributed by atoms with Gasteiger partial charge in [0.25, 0.3) is 0 Å². The van der Waals surface area contributed by atoms with Gasteiger partial charge in [-0.05, 0) is 11.5 Å². The van der Waals surface area contributed by atoms with Crippen LogP contribution in [0.1, 0.15) is 6.92 Å². The average Bonchev–Trinajstić information content (AvgIpc) is 2.04. The molecule has 0 aliphatic heterocycles. The molecule has 0 amide bonds. The molecule has 0 saturated carbocycles. The monoisotopic (exact) mass is 146 g/mol. The molecule has 0 nitrogen and oxygen atoms in total. The summed E-state index contributed by atoms with van der Waals surface area (Å²) in [6, 6.07) is 0. The fourth-order valence-corrected chi connectivity index (χ4v) is 1.30. The van der Waals surface area contributed by atoms with Crippen LogP contribution in [0.15, 0.2) is 49.1 Å². The molecule has 0 aromatic heterocycles. The van der Waals surface area contributed by atoms with Gasteiger partial charge in [0.2, 0.25) is 0 Å². The van der Waals surface area contributed by atoms with E-state index < -0.39 is 0 Å². The van der Waals surface area contributed by atoms with Crippen LogP contribution in [0, 0.1) is 11.8 Å². The van der Waals surface area contributed by atoms with E-state index in [1.54, 1.807) is 0 Å². The molecule has 0 N–H and O–H groups in total. The van der Waals surface area contributed by atoms with Gasteiger partial charge in [-0.1, -0.05) is 43.9 Å². The third-order valence-corrected chi connectivity index (χ3v) is 2.08. The molecule has 0 heterocycles. The van der Waals surface area contributed by atoms with Crippen LogP contribution < -0.4 is 0 Å². The zero-order chi connectivity index (χ0) is 8.27. The maximum Gasteiger partial charge on any atom is 0.000770 e. The van der Waals surface area contributed by atoms with E-state index in [2.05, 4.69) is 38.3 Å². The predicted octanol–water partition coefficient (Wildman–Crippen LogP) is 3.11. The lowest BCUT2D eigenvalue weighted by Gasteiger charge is -2.18. The lowest BCUT2D eigenvalue weighted by Crippen LogP contribution is -2.07. The van der Waals surface area contributed by atoms with Gasteiger partial charge in [0, 0.05) is 5.92 Å². The number of rotatable bonds is 2. The van der Waals surface area contributed by atoms with E-state index >= 15 is 0 Å². The molecule has 58 valence electrons. The SMILES string of the molecule is C=CC1=CC(C)C(C=C)C=C1. The van der Waals surface area contributed by atoms with Crippen molar-refractivity contribution >= 4 is 0 Å². The third-order valence-electron chi connectivity index (χ3n) is 2.08. The van der Waals surface area contributed by atoms with E-state index in [1.165, 1.54) is 5.57 Å². The molecular formula is C11H14. The zero-order valence-electron chi connectivity index (χ0n) is 6.96. The van der Waals surface area contributed by atoms with E-state index in [9.17, 15) is 0 Å². The Balaban J connectivity index is 2.78. The van der Waals surface area contributed by atoms with Crippen molar-refractivity contribution in [3.63, 3.8) is 0 Å². The molecule has 2 unspecified atom stereocenters. The second kappa shape index (κ2) is 3.38. The minimum absolute atomic E-state index is 0.499. The van der Waals surface area contributed by atoms with Crippen LogP contribution in [0.5, 0.6) is 0 Å². The van der Waals surface area contributed by atoms with E-state index in [-0.39, 0.29) is 0 Å². The molecule has 0 saturated heterocycles. The van der Waals surface area contributed by atoms with Gasteiger partial charge in [-0.15, -0.1) is 6.58 Å². The normalized spacial score (nSPS) is 29.4. The van der Waals surface area contributed by atoms with Crippen molar-refractivity contribution in [3.05, 3.63) is 49.1 Å². The summed E-state index contributed by atoms with van der Waals surface area (Å²) in [7, 11) is 0. The van der Waals surface area contributed by atoms with Gasteiger partial charge < -0.3 is 0 Å². The van der Waals surface area contributed by atoms with E-state index in [4.69, 9.17) is 0 Å². The van der Waals surface area contributed by atoms with Gasteiger partial charge in [0.1, 0.15) is 0 Å². The van der Waals surface area contributed by atoms with Crippen LogP contribution in [0.25, 0.3) is 0 Å². The standard InChI is InChI=1S/C11H14/c1-4-10-6-7-11(5-2)9(3)8-10/h4-9,11H,1-2H2,3H3. The Hall–Kier alpha value is -1.04. The van der Waals surface area contributed by atoms with Crippen molar-refractivity contribution in [1.82, 2.24) is 0 Å². The minimum Gasteiger partial charge on any atom is -0.102 e. The van der Waals surface area contributed by atoms with Crippen LogP contribution in [0.2, 0.25) is 0 Å². The largest absolute Gasteiger partial charge is 0.102 e. The molecule has 0 aromatic rings. The van der Waals surface area contributed by atoms with E-state index in [0.717, 1.165) is 0 Å². The van der Waals surface area contributed by atoms with Gasteiger partial charge in [-0.3, -0.25) is 0 Å². The molecule has 1 rings (SSSR count). The summed E-state index contributed by atoms with van der Waals surface area (Å²) in [5.74, 6) is 1.06. The first-order chi connectivity index (χ1) is 5.27. The molecule has 0 radical (unpaired) electrons. The highest BCUT2D eigenvalue weighted by Crippen LogP contribution is 2.23. The summed E-state index contributed by atoms with van der Waals surface area (Å²) in [5.41, 5.74) is 1.22. The third kappa shape index (κ3) is 1.70. The lowest BCUT2D eigenvalue weighted by atomic mass is 9.87. The van der Waals surface area contributed by atoms with Crippen LogP contribution in [0.3, 0.4) is 0 Å². The molecule has 2 atom stereocenters. The highest BCUT2D eigenvalue weighted by Gasteiger charge is 2.11. The Kier molecular flexibility index (Phi) is 2.48. The Morgan fingerprint density at radius 3 is 2.64 bits per heavy atom. The summed E-state index contributed by atoms with van der Waals surface area (Å²) < 4.78 is 0. The fourth-order valence-electron chi connectivity index (χ4n) is 1.30.